The van der Waals surface area contributed by atoms with Crippen LogP contribution in [0.3, 0.4) is 0 Å². The van der Waals surface area contributed by atoms with E-state index in [2.05, 4.69) is 27.4 Å². The Kier molecular flexibility index (Phi) is 4.37. The molecule has 0 bridgehead atoms. The highest BCUT2D eigenvalue weighted by Gasteiger charge is 2.16. The second-order valence-corrected chi connectivity index (χ2v) is 5.92. The van der Waals surface area contributed by atoms with Gasteiger partial charge >= 0.3 is 0 Å². The van der Waals surface area contributed by atoms with Crippen molar-refractivity contribution in [3.63, 3.8) is 0 Å². The van der Waals surface area contributed by atoms with Crippen molar-refractivity contribution in [1.82, 2.24) is 9.97 Å². The molecule has 24 heavy (non-hydrogen) atoms. The van der Waals surface area contributed by atoms with Crippen LogP contribution in [0.1, 0.15) is 26.2 Å². The van der Waals surface area contributed by atoms with Crippen LogP contribution in [-0.2, 0) is 0 Å². The van der Waals surface area contributed by atoms with Gasteiger partial charge in [0.25, 0.3) is 11.2 Å². The van der Waals surface area contributed by atoms with Gasteiger partial charge in [-0.1, -0.05) is 19.1 Å². The van der Waals surface area contributed by atoms with Crippen LogP contribution in [0, 0.1) is 16.0 Å². The first-order chi connectivity index (χ1) is 11.5. The summed E-state index contributed by atoms with van der Waals surface area (Å²) < 4.78 is 0. The number of aromatic amines is 1. The van der Waals surface area contributed by atoms with Crippen molar-refractivity contribution in [2.75, 3.05) is 5.43 Å². The summed E-state index contributed by atoms with van der Waals surface area (Å²) in [5.41, 5.74) is 4.28. The van der Waals surface area contributed by atoms with E-state index < -0.39 is 4.92 Å². The number of hydrazone groups is 1. The van der Waals surface area contributed by atoms with E-state index >= 15 is 0 Å². The summed E-state index contributed by atoms with van der Waals surface area (Å²) in [5, 5.41) is 15.2. The molecule has 0 amide bonds. The van der Waals surface area contributed by atoms with Crippen LogP contribution < -0.4 is 11.0 Å². The fraction of sp³-hybridized carbons (Fsp3) is 0.312. The molecular weight excluding hydrogens is 310 g/mol. The fourth-order valence-electron chi connectivity index (χ4n) is 2.69. The number of non-ortho nitro benzene ring substituents is 1. The Balaban J connectivity index is 1.88. The molecule has 0 saturated heterocycles. The minimum Gasteiger partial charge on any atom is -0.291 e. The molecule has 1 saturated carbocycles. The molecule has 1 aromatic heterocycles. The fourth-order valence-corrected chi connectivity index (χ4v) is 2.69. The number of nitrogens with one attached hydrogen (secondary N) is 2. The molecule has 0 aliphatic heterocycles. The van der Waals surface area contributed by atoms with Crippen LogP contribution >= 0.6 is 0 Å². The Labute approximate surface area is 137 Å². The Morgan fingerprint density at radius 1 is 1.42 bits per heavy atom. The highest BCUT2D eigenvalue weighted by atomic mass is 16.6. The Hall–Kier alpha value is -3.03. The smallest absolute Gasteiger partial charge is 0.270 e. The van der Waals surface area contributed by atoms with E-state index in [0.717, 1.165) is 25.0 Å². The SMILES string of the molecule is CC1CC/C(=N/Nc2nc(-c3cccc([N+](=O)[O-])c3)cc(=O)[nH]2)C1. The predicted octanol–water partition coefficient (Wildman–Crippen LogP) is 2.93. The maximum Gasteiger partial charge on any atom is 0.270 e. The number of aromatic nitrogens is 2. The summed E-state index contributed by atoms with van der Waals surface area (Å²) in [5.74, 6) is 0.838. The minimum atomic E-state index is -0.483. The number of nitrogens with zero attached hydrogens (tertiary/aromatic N) is 3. The summed E-state index contributed by atoms with van der Waals surface area (Å²) in [7, 11) is 0. The quantitative estimate of drug-likeness (QED) is 0.662. The largest absolute Gasteiger partial charge is 0.291 e. The first kappa shape index (κ1) is 15.9. The minimum absolute atomic E-state index is 0.0516. The van der Waals surface area contributed by atoms with Crippen LogP contribution in [0.5, 0.6) is 0 Å². The van der Waals surface area contributed by atoms with Crippen LogP contribution in [0.15, 0.2) is 40.2 Å². The third-order valence-electron chi connectivity index (χ3n) is 3.92. The van der Waals surface area contributed by atoms with Crippen molar-refractivity contribution in [2.45, 2.75) is 26.2 Å². The topological polar surface area (TPSA) is 113 Å². The molecule has 2 aromatic rings. The molecule has 2 N–H and O–H groups in total. The number of benzene rings is 1. The zero-order chi connectivity index (χ0) is 17.1. The van der Waals surface area contributed by atoms with Gasteiger partial charge in [-0.25, -0.2) is 10.4 Å². The van der Waals surface area contributed by atoms with Gasteiger partial charge < -0.3 is 0 Å². The van der Waals surface area contributed by atoms with Crippen LogP contribution in [-0.4, -0.2) is 20.6 Å². The van der Waals surface area contributed by atoms with Gasteiger partial charge in [-0.15, -0.1) is 0 Å². The van der Waals surface area contributed by atoms with Crippen molar-refractivity contribution >= 4 is 17.3 Å². The zero-order valence-electron chi connectivity index (χ0n) is 13.2. The van der Waals surface area contributed by atoms with Crippen LogP contribution in [0.4, 0.5) is 11.6 Å². The molecule has 1 aliphatic rings. The van der Waals surface area contributed by atoms with Gasteiger partial charge in [0.05, 0.1) is 10.6 Å². The first-order valence-corrected chi connectivity index (χ1v) is 7.69. The summed E-state index contributed by atoms with van der Waals surface area (Å²) >= 11 is 0. The zero-order valence-corrected chi connectivity index (χ0v) is 13.2. The number of nitro benzene ring substituents is 1. The lowest BCUT2D eigenvalue weighted by Gasteiger charge is -2.05. The van der Waals surface area contributed by atoms with Gasteiger partial charge in [-0.2, -0.15) is 5.10 Å². The molecule has 0 spiro atoms. The normalized spacial score (nSPS) is 18.7. The number of hydrogen-bond acceptors (Lipinski definition) is 6. The van der Waals surface area contributed by atoms with Gasteiger partial charge in [-0.05, 0) is 25.2 Å². The van der Waals surface area contributed by atoms with Gasteiger partial charge in [0.1, 0.15) is 0 Å². The summed E-state index contributed by atoms with van der Waals surface area (Å²) in [6.07, 6.45) is 2.98. The van der Waals surface area contributed by atoms with E-state index in [1.807, 2.05) is 0 Å². The Morgan fingerprint density at radius 2 is 2.25 bits per heavy atom. The van der Waals surface area contributed by atoms with Gasteiger partial charge in [0.15, 0.2) is 0 Å². The molecule has 1 fully saturated rings. The molecule has 1 unspecified atom stereocenters. The highest BCUT2D eigenvalue weighted by Crippen LogP contribution is 2.23. The number of hydrogen-bond donors (Lipinski definition) is 2. The molecule has 1 aromatic carbocycles. The van der Waals surface area contributed by atoms with E-state index in [4.69, 9.17) is 0 Å². The maximum atomic E-state index is 11.8. The molecule has 1 atom stereocenters. The van der Waals surface area contributed by atoms with E-state index in [1.165, 1.54) is 18.2 Å². The third kappa shape index (κ3) is 3.65. The van der Waals surface area contributed by atoms with Crippen LogP contribution in [0.25, 0.3) is 11.3 Å². The molecule has 1 aliphatic carbocycles. The summed E-state index contributed by atoms with van der Waals surface area (Å²) in [6.45, 7) is 2.17. The predicted molar refractivity (Wildman–Crippen MR) is 91.0 cm³/mol. The molecule has 1 heterocycles. The summed E-state index contributed by atoms with van der Waals surface area (Å²) in [4.78, 5) is 29.1. The lowest BCUT2D eigenvalue weighted by molar-refractivity contribution is -0.384. The molecule has 124 valence electrons. The van der Waals surface area contributed by atoms with Crippen molar-refractivity contribution in [3.05, 3.63) is 50.8 Å². The molecule has 3 rings (SSSR count). The average molecular weight is 327 g/mol. The standard InChI is InChI=1S/C16H17N5O3/c1-10-5-6-12(7-10)19-20-16-17-14(9-15(22)18-16)11-3-2-4-13(8-11)21(23)24/h2-4,8-10H,5-7H2,1H3,(H2,17,18,20,22)/b19-12-. The van der Waals surface area contributed by atoms with Gasteiger partial charge in [-0.3, -0.25) is 19.9 Å². The van der Waals surface area contributed by atoms with E-state index in [1.54, 1.807) is 12.1 Å². The van der Waals surface area contributed by atoms with Crippen molar-refractivity contribution in [3.8, 4) is 11.3 Å². The molecule has 0 radical (unpaired) electrons. The van der Waals surface area contributed by atoms with Gasteiger partial charge in [0, 0.05) is 29.5 Å². The van der Waals surface area contributed by atoms with Gasteiger partial charge in [0.2, 0.25) is 5.95 Å². The number of H-pyrrole nitrogens is 1. The third-order valence-corrected chi connectivity index (χ3v) is 3.92. The van der Waals surface area contributed by atoms with E-state index in [0.29, 0.717) is 17.2 Å². The lowest BCUT2D eigenvalue weighted by atomic mass is 10.1. The highest BCUT2D eigenvalue weighted by molar-refractivity contribution is 5.86. The Morgan fingerprint density at radius 3 is 2.96 bits per heavy atom. The van der Waals surface area contributed by atoms with E-state index in [9.17, 15) is 14.9 Å². The van der Waals surface area contributed by atoms with Crippen LogP contribution in [0.2, 0.25) is 0 Å². The molecular formula is C16H17N5O3. The van der Waals surface area contributed by atoms with Crippen molar-refractivity contribution in [2.24, 2.45) is 11.0 Å². The monoisotopic (exact) mass is 327 g/mol. The maximum absolute atomic E-state index is 11.8. The first-order valence-electron chi connectivity index (χ1n) is 7.69. The number of anilines is 1. The van der Waals surface area contributed by atoms with Crippen molar-refractivity contribution in [1.29, 1.82) is 0 Å². The summed E-state index contributed by atoms with van der Waals surface area (Å²) in [6, 6.07) is 7.31. The molecule has 8 nitrogen and oxygen atoms in total. The number of nitro groups is 1. The lowest BCUT2D eigenvalue weighted by Crippen LogP contribution is -2.11. The average Bonchev–Trinajstić information content (AvgIpc) is 2.98. The second kappa shape index (κ2) is 6.61. The molecule has 8 heteroatoms. The number of rotatable bonds is 4. The van der Waals surface area contributed by atoms with Crippen molar-refractivity contribution < 1.29 is 4.92 Å². The Bertz CT molecular complexity index is 859. The second-order valence-electron chi connectivity index (χ2n) is 5.92. The van der Waals surface area contributed by atoms with E-state index in [-0.39, 0.29) is 17.2 Å².